The van der Waals surface area contributed by atoms with Gasteiger partial charge < -0.3 is 10.5 Å². The van der Waals surface area contributed by atoms with Crippen LogP contribution in [0.15, 0.2) is 18.5 Å². The third kappa shape index (κ3) is 3.98. The molecule has 6 heteroatoms. The molecule has 2 aliphatic carbocycles. The van der Waals surface area contributed by atoms with Crippen LogP contribution in [0.25, 0.3) is 11.3 Å². The van der Waals surface area contributed by atoms with Crippen LogP contribution in [0, 0.1) is 11.8 Å². The zero-order valence-electron chi connectivity index (χ0n) is 16.6. The van der Waals surface area contributed by atoms with Gasteiger partial charge in [0, 0.05) is 36.5 Å². The largest absolute Gasteiger partial charge is 0.379 e. The van der Waals surface area contributed by atoms with Crippen molar-refractivity contribution in [1.29, 1.82) is 0 Å². The predicted octanol–water partition coefficient (Wildman–Crippen LogP) is 3.31. The van der Waals surface area contributed by atoms with Crippen molar-refractivity contribution in [2.75, 3.05) is 13.2 Å². The average Bonchev–Trinajstić information content (AvgIpc) is 3.18. The smallest absolute Gasteiger partial charge is 0.129 e. The molecule has 3 heterocycles. The van der Waals surface area contributed by atoms with E-state index in [2.05, 4.69) is 9.67 Å². The first-order valence-corrected chi connectivity index (χ1v) is 11.0. The summed E-state index contributed by atoms with van der Waals surface area (Å²) >= 11 is 0. The minimum atomic E-state index is 0.371. The summed E-state index contributed by atoms with van der Waals surface area (Å²) in [6.45, 7) is 1.61. The zero-order valence-corrected chi connectivity index (χ0v) is 16.6. The molecule has 0 amide bonds. The third-order valence-corrected chi connectivity index (χ3v) is 6.67. The standard InChI is InChI=1S/C22H31N5O/c23-17-5-3-16(4-6-17)12-22-24-9-7-20(26-22)19-13-25-27(18-8-10-28-14-18)21(19)11-15-1-2-15/h7,9,13,15-18H,1-6,8,10-12,14,23H2/t16?,17?,18-/m1/s1. The molecular weight excluding hydrogens is 350 g/mol. The Morgan fingerprint density at radius 3 is 2.57 bits per heavy atom. The Hall–Kier alpha value is -1.79. The molecule has 0 radical (unpaired) electrons. The average molecular weight is 382 g/mol. The molecule has 2 aromatic rings. The highest BCUT2D eigenvalue weighted by Gasteiger charge is 2.29. The van der Waals surface area contributed by atoms with Crippen LogP contribution in [0.5, 0.6) is 0 Å². The van der Waals surface area contributed by atoms with Crippen molar-refractivity contribution in [2.24, 2.45) is 17.6 Å². The van der Waals surface area contributed by atoms with Crippen LogP contribution in [0.2, 0.25) is 0 Å². The molecule has 1 aliphatic heterocycles. The van der Waals surface area contributed by atoms with Gasteiger partial charge in [-0.05, 0) is 69.3 Å². The molecule has 1 atom stereocenters. The van der Waals surface area contributed by atoms with Crippen LogP contribution >= 0.6 is 0 Å². The number of nitrogens with two attached hydrogens (primary N) is 1. The van der Waals surface area contributed by atoms with Gasteiger partial charge in [-0.25, -0.2) is 9.97 Å². The van der Waals surface area contributed by atoms with E-state index in [0.29, 0.717) is 18.0 Å². The van der Waals surface area contributed by atoms with Gasteiger partial charge in [-0.15, -0.1) is 0 Å². The van der Waals surface area contributed by atoms with Gasteiger partial charge in [0.2, 0.25) is 0 Å². The van der Waals surface area contributed by atoms with E-state index in [1.165, 1.54) is 36.9 Å². The van der Waals surface area contributed by atoms with E-state index in [9.17, 15) is 0 Å². The predicted molar refractivity (Wildman–Crippen MR) is 108 cm³/mol. The van der Waals surface area contributed by atoms with E-state index in [4.69, 9.17) is 20.6 Å². The quantitative estimate of drug-likeness (QED) is 0.830. The number of hydrogen-bond acceptors (Lipinski definition) is 5. The summed E-state index contributed by atoms with van der Waals surface area (Å²) in [6, 6.07) is 2.80. The van der Waals surface area contributed by atoms with Crippen LogP contribution in [0.1, 0.15) is 62.5 Å². The van der Waals surface area contributed by atoms with E-state index in [0.717, 1.165) is 62.8 Å². The van der Waals surface area contributed by atoms with Gasteiger partial charge in [0.25, 0.3) is 0 Å². The highest BCUT2D eigenvalue weighted by Crippen LogP contribution is 2.37. The molecule has 28 heavy (non-hydrogen) atoms. The van der Waals surface area contributed by atoms with Crippen molar-refractivity contribution in [3.8, 4) is 11.3 Å². The summed E-state index contributed by atoms with van der Waals surface area (Å²) in [5, 5.41) is 4.77. The minimum Gasteiger partial charge on any atom is -0.379 e. The van der Waals surface area contributed by atoms with E-state index < -0.39 is 0 Å². The SMILES string of the molecule is NC1CCC(Cc2nccc(-c3cnn([C@@H]4CCOC4)c3CC3CC3)n2)CC1. The van der Waals surface area contributed by atoms with E-state index in [-0.39, 0.29) is 0 Å². The van der Waals surface area contributed by atoms with Gasteiger partial charge in [0.05, 0.1) is 24.5 Å². The summed E-state index contributed by atoms with van der Waals surface area (Å²) in [7, 11) is 0. The maximum Gasteiger partial charge on any atom is 0.129 e. The first-order chi connectivity index (χ1) is 13.8. The van der Waals surface area contributed by atoms with Crippen LogP contribution in [-0.4, -0.2) is 39.0 Å². The van der Waals surface area contributed by atoms with Crippen LogP contribution in [-0.2, 0) is 17.6 Å². The molecule has 2 saturated carbocycles. The van der Waals surface area contributed by atoms with Crippen molar-refractivity contribution in [3.05, 3.63) is 30.0 Å². The lowest BCUT2D eigenvalue weighted by atomic mass is 9.84. The second-order valence-corrected chi connectivity index (χ2v) is 8.96. The Labute approximate surface area is 166 Å². The third-order valence-electron chi connectivity index (χ3n) is 6.67. The Balaban J connectivity index is 1.39. The fourth-order valence-corrected chi connectivity index (χ4v) is 4.73. The van der Waals surface area contributed by atoms with Crippen LogP contribution in [0.4, 0.5) is 0 Å². The topological polar surface area (TPSA) is 78.8 Å². The lowest BCUT2D eigenvalue weighted by Gasteiger charge is -2.25. The fourth-order valence-electron chi connectivity index (χ4n) is 4.73. The second kappa shape index (κ2) is 7.91. The highest BCUT2D eigenvalue weighted by atomic mass is 16.5. The first kappa shape index (κ1) is 18.3. The molecule has 0 bridgehead atoms. The van der Waals surface area contributed by atoms with Gasteiger partial charge >= 0.3 is 0 Å². The lowest BCUT2D eigenvalue weighted by molar-refractivity contribution is 0.184. The fraction of sp³-hybridized carbons (Fsp3) is 0.682. The summed E-state index contributed by atoms with van der Waals surface area (Å²) in [6.07, 6.45) is 14.4. The van der Waals surface area contributed by atoms with Crippen molar-refractivity contribution in [1.82, 2.24) is 19.7 Å². The summed E-state index contributed by atoms with van der Waals surface area (Å²) in [4.78, 5) is 9.53. The van der Waals surface area contributed by atoms with Crippen molar-refractivity contribution in [2.45, 2.75) is 69.9 Å². The molecule has 150 valence electrons. The molecule has 2 N–H and O–H groups in total. The van der Waals surface area contributed by atoms with Crippen molar-refractivity contribution >= 4 is 0 Å². The highest BCUT2D eigenvalue weighted by molar-refractivity contribution is 5.61. The van der Waals surface area contributed by atoms with Gasteiger partial charge in [0.15, 0.2) is 0 Å². The number of nitrogens with zero attached hydrogens (tertiary/aromatic N) is 4. The number of hydrogen-bond donors (Lipinski definition) is 1. The Kier molecular flexibility index (Phi) is 5.16. The van der Waals surface area contributed by atoms with E-state index in [1.807, 2.05) is 18.5 Å². The van der Waals surface area contributed by atoms with Gasteiger partial charge in [-0.1, -0.05) is 0 Å². The molecule has 3 aliphatic rings. The van der Waals surface area contributed by atoms with Gasteiger partial charge in [0.1, 0.15) is 5.82 Å². The molecule has 0 unspecified atom stereocenters. The first-order valence-electron chi connectivity index (χ1n) is 11.0. The Morgan fingerprint density at radius 1 is 1.04 bits per heavy atom. The van der Waals surface area contributed by atoms with E-state index >= 15 is 0 Å². The van der Waals surface area contributed by atoms with E-state index in [1.54, 1.807) is 0 Å². The monoisotopic (exact) mass is 381 g/mol. The molecule has 2 aromatic heterocycles. The molecule has 3 fully saturated rings. The molecule has 5 rings (SSSR count). The molecule has 6 nitrogen and oxygen atoms in total. The normalized spacial score (nSPS) is 28.0. The molecule has 0 aromatic carbocycles. The van der Waals surface area contributed by atoms with Crippen LogP contribution in [0.3, 0.4) is 0 Å². The van der Waals surface area contributed by atoms with Gasteiger partial charge in [-0.2, -0.15) is 5.10 Å². The number of aromatic nitrogens is 4. The maximum absolute atomic E-state index is 6.06. The number of rotatable bonds is 6. The maximum atomic E-state index is 6.06. The number of ether oxygens (including phenoxy) is 1. The van der Waals surface area contributed by atoms with Crippen LogP contribution < -0.4 is 5.73 Å². The summed E-state index contributed by atoms with van der Waals surface area (Å²) < 4.78 is 7.85. The summed E-state index contributed by atoms with van der Waals surface area (Å²) in [5.74, 6) is 2.44. The minimum absolute atomic E-state index is 0.371. The molecule has 0 spiro atoms. The molecular formula is C22H31N5O. The Morgan fingerprint density at radius 2 is 1.82 bits per heavy atom. The zero-order chi connectivity index (χ0) is 18.9. The van der Waals surface area contributed by atoms with Gasteiger partial charge in [-0.3, -0.25) is 4.68 Å². The van der Waals surface area contributed by atoms with Crippen molar-refractivity contribution in [3.63, 3.8) is 0 Å². The second-order valence-electron chi connectivity index (χ2n) is 8.96. The summed E-state index contributed by atoms with van der Waals surface area (Å²) in [5.41, 5.74) is 9.61. The Bertz CT molecular complexity index is 801. The molecule has 1 saturated heterocycles. The van der Waals surface area contributed by atoms with Crippen molar-refractivity contribution < 1.29 is 4.74 Å². The lowest BCUT2D eigenvalue weighted by Crippen LogP contribution is -2.27.